The molecule has 0 N–H and O–H groups in total. The smallest absolute Gasteiger partial charge is 0.285 e. The van der Waals surface area contributed by atoms with Crippen LogP contribution < -0.4 is 4.74 Å². The number of benzene rings is 1. The summed E-state index contributed by atoms with van der Waals surface area (Å²) < 4.78 is 30.5. The lowest BCUT2D eigenvalue weighted by molar-refractivity contribution is -0.113. The normalized spacial score (nSPS) is 16.2. The minimum Gasteiger partial charge on any atom is -0.492 e. The summed E-state index contributed by atoms with van der Waals surface area (Å²) in [5, 5.41) is 0.591. The predicted octanol–water partition coefficient (Wildman–Crippen LogP) is 3.76. The van der Waals surface area contributed by atoms with Gasteiger partial charge in [0.05, 0.1) is 23.2 Å². The molecular formula is C18H18N2O4S3. The largest absolute Gasteiger partial charge is 0.492 e. The molecule has 1 aromatic carbocycles. The van der Waals surface area contributed by atoms with Gasteiger partial charge in [-0.2, -0.15) is 4.99 Å². The first-order valence-corrected chi connectivity index (χ1v) is 11.9. The summed E-state index contributed by atoms with van der Waals surface area (Å²) in [4.78, 5) is 20.9. The number of fused-ring (bicyclic) bond motifs is 1. The van der Waals surface area contributed by atoms with Crippen LogP contribution in [0.3, 0.4) is 0 Å². The van der Waals surface area contributed by atoms with Crippen molar-refractivity contribution in [1.82, 2.24) is 4.98 Å². The lowest BCUT2D eigenvalue weighted by Gasteiger charge is -2.12. The fourth-order valence-electron chi connectivity index (χ4n) is 2.54. The maximum absolute atomic E-state index is 12.1. The second kappa shape index (κ2) is 8.04. The molecule has 142 valence electrons. The number of amides is 1. The topological polar surface area (TPSA) is 85.7 Å². The number of hydrogen-bond donors (Lipinski definition) is 0. The average molecular weight is 423 g/mol. The minimum absolute atomic E-state index is 0.0536. The van der Waals surface area contributed by atoms with Gasteiger partial charge in [0, 0.05) is 11.6 Å². The zero-order valence-corrected chi connectivity index (χ0v) is 17.5. The SMILES string of the molecule is CCOc1c(S(C)(=O)=O)cnc2ccc(/C=C3/SC(SCC)=NC3=O)cc12. The molecule has 1 aromatic heterocycles. The molecule has 1 aliphatic rings. The van der Waals surface area contributed by atoms with Crippen LogP contribution in [0.2, 0.25) is 0 Å². The highest BCUT2D eigenvalue weighted by Crippen LogP contribution is 2.36. The van der Waals surface area contributed by atoms with Crippen molar-refractivity contribution in [3.05, 3.63) is 34.9 Å². The molecule has 3 rings (SSSR count). The number of sulfone groups is 1. The van der Waals surface area contributed by atoms with E-state index in [2.05, 4.69) is 9.98 Å². The summed E-state index contributed by atoms with van der Waals surface area (Å²) in [5.41, 5.74) is 1.38. The van der Waals surface area contributed by atoms with Crippen LogP contribution in [0, 0.1) is 0 Å². The van der Waals surface area contributed by atoms with E-state index in [1.54, 1.807) is 25.1 Å². The van der Waals surface area contributed by atoms with Gasteiger partial charge in [0.1, 0.15) is 15.0 Å². The van der Waals surface area contributed by atoms with Crippen molar-refractivity contribution in [3.63, 3.8) is 0 Å². The molecule has 6 nitrogen and oxygen atoms in total. The third-order valence-electron chi connectivity index (χ3n) is 3.66. The van der Waals surface area contributed by atoms with Crippen LogP contribution in [0.25, 0.3) is 17.0 Å². The van der Waals surface area contributed by atoms with E-state index >= 15 is 0 Å². The predicted molar refractivity (Wildman–Crippen MR) is 112 cm³/mol. The maximum Gasteiger partial charge on any atom is 0.285 e. The number of aliphatic imine (C=N–C) groups is 1. The average Bonchev–Trinajstić information content (AvgIpc) is 2.94. The number of carbonyl (C=O) groups is 1. The highest BCUT2D eigenvalue weighted by Gasteiger charge is 2.22. The van der Waals surface area contributed by atoms with Crippen molar-refractivity contribution in [3.8, 4) is 5.75 Å². The highest BCUT2D eigenvalue weighted by atomic mass is 32.2. The Bertz CT molecular complexity index is 1080. The fraction of sp³-hybridized carbons (Fsp3) is 0.278. The van der Waals surface area contributed by atoms with E-state index in [9.17, 15) is 13.2 Å². The summed E-state index contributed by atoms with van der Waals surface area (Å²) >= 11 is 2.88. The molecule has 0 unspecified atom stereocenters. The first-order valence-electron chi connectivity index (χ1n) is 8.24. The molecule has 0 saturated heterocycles. The number of carbonyl (C=O) groups excluding carboxylic acids is 1. The lowest BCUT2D eigenvalue weighted by atomic mass is 10.1. The lowest BCUT2D eigenvalue weighted by Crippen LogP contribution is -2.04. The number of ether oxygens (including phenoxy) is 1. The first kappa shape index (κ1) is 19.9. The Morgan fingerprint density at radius 1 is 1.30 bits per heavy atom. The molecule has 27 heavy (non-hydrogen) atoms. The minimum atomic E-state index is -3.49. The number of aromatic nitrogens is 1. The number of nitrogens with zero attached hydrogens (tertiary/aromatic N) is 2. The van der Waals surface area contributed by atoms with Crippen molar-refractivity contribution in [2.45, 2.75) is 18.7 Å². The zero-order valence-electron chi connectivity index (χ0n) is 15.1. The Hall–Kier alpha value is -1.84. The Labute approximate surface area is 166 Å². The standard InChI is InChI=1S/C18H18N2O4S3/c1-4-24-16-12-8-11(9-14-17(21)20-18(26-14)25-5-2)6-7-13(12)19-10-15(16)27(3,22)23/h6-10H,4-5H2,1-3H3/b14-9+. The van der Waals surface area contributed by atoms with Crippen LogP contribution in [-0.2, 0) is 14.6 Å². The van der Waals surface area contributed by atoms with Gasteiger partial charge in [-0.3, -0.25) is 9.78 Å². The third kappa shape index (κ3) is 4.36. The molecule has 9 heteroatoms. The quantitative estimate of drug-likeness (QED) is 0.678. The maximum atomic E-state index is 12.1. The molecule has 1 amide bonds. The summed E-state index contributed by atoms with van der Waals surface area (Å²) in [6.07, 6.45) is 4.20. The number of rotatable bonds is 5. The van der Waals surface area contributed by atoms with Gasteiger partial charge in [0.2, 0.25) is 0 Å². The summed E-state index contributed by atoms with van der Waals surface area (Å²) in [5.74, 6) is 0.873. The Balaban J connectivity index is 2.08. The van der Waals surface area contributed by atoms with Crippen molar-refractivity contribution < 1.29 is 17.9 Å². The van der Waals surface area contributed by atoms with Gasteiger partial charge in [-0.15, -0.1) is 0 Å². The van der Waals surface area contributed by atoms with Crippen LogP contribution in [0.15, 0.2) is 39.2 Å². The van der Waals surface area contributed by atoms with Gasteiger partial charge in [-0.1, -0.05) is 36.5 Å². The van der Waals surface area contributed by atoms with Crippen molar-refractivity contribution in [1.29, 1.82) is 0 Å². The summed E-state index contributed by atoms with van der Waals surface area (Å²) in [6, 6.07) is 5.40. The van der Waals surface area contributed by atoms with Gasteiger partial charge in [0.15, 0.2) is 9.84 Å². The molecule has 0 aliphatic carbocycles. The molecular weight excluding hydrogens is 404 g/mol. The monoisotopic (exact) mass is 422 g/mol. The van der Waals surface area contributed by atoms with Crippen molar-refractivity contribution in [2.24, 2.45) is 4.99 Å². The van der Waals surface area contributed by atoms with E-state index < -0.39 is 9.84 Å². The molecule has 0 atom stereocenters. The molecule has 2 heterocycles. The molecule has 1 aliphatic heterocycles. The second-order valence-electron chi connectivity index (χ2n) is 5.66. The van der Waals surface area contributed by atoms with Crippen LogP contribution >= 0.6 is 23.5 Å². The highest BCUT2D eigenvalue weighted by molar-refractivity contribution is 8.41. The molecule has 0 fully saturated rings. The van der Waals surface area contributed by atoms with Crippen LogP contribution in [-0.4, -0.2) is 42.3 Å². The van der Waals surface area contributed by atoms with Crippen LogP contribution in [0.5, 0.6) is 5.75 Å². The van der Waals surface area contributed by atoms with Gasteiger partial charge < -0.3 is 4.74 Å². The van der Waals surface area contributed by atoms with Crippen LogP contribution in [0.4, 0.5) is 0 Å². The molecule has 2 aromatic rings. The van der Waals surface area contributed by atoms with Gasteiger partial charge in [-0.05, 0) is 36.4 Å². The molecule has 0 spiro atoms. The third-order valence-corrected chi connectivity index (χ3v) is 6.76. The van der Waals surface area contributed by atoms with Crippen LogP contribution in [0.1, 0.15) is 19.4 Å². The summed E-state index contributed by atoms with van der Waals surface area (Å²) in [7, 11) is -3.49. The Kier molecular flexibility index (Phi) is 5.92. The summed E-state index contributed by atoms with van der Waals surface area (Å²) in [6.45, 7) is 4.12. The van der Waals surface area contributed by atoms with Gasteiger partial charge >= 0.3 is 0 Å². The number of hydrogen-bond acceptors (Lipinski definition) is 7. The van der Waals surface area contributed by atoms with Crippen molar-refractivity contribution in [2.75, 3.05) is 18.6 Å². The Morgan fingerprint density at radius 3 is 2.74 bits per heavy atom. The van der Waals surface area contributed by atoms with Gasteiger partial charge in [0.25, 0.3) is 5.91 Å². The molecule has 0 saturated carbocycles. The molecule has 0 radical (unpaired) electrons. The van der Waals surface area contributed by atoms with E-state index in [1.807, 2.05) is 13.0 Å². The Morgan fingerprint density at radius 2 is 2.07 bits per heavy atom. The first-order chi connectivity index (χ1) is 12.8. The number of pyridine rings is 1. The van der Waals surface area contributed by atoms with Crippen molar-refractivity contribution >= 4 is 60.6 Å². The van der Waals surface area contributed by atoms with E-state index in [0.29, 0.717) is 22.4 Å². The van der Waals surface area contributed by atoms with E-state index in [4.69, 9.17) is 4.74 Å². The second-order valence-corrected chi connectivity index (χ2v) is 10.2. The van der Waals surface area contributed by atoms with E-state index in [0.717, 1.165) is 21.9 Å². The number of thioether (sulfide) groups is 2. The van der Waals surface area contributed by atoms with E-state index in [1.165, 1.54) is 29.7 Å². The fourth-order valence-corrected chi connectivity index (χ4v) is 5.19. The molecule has 0 bridgehead atoms. The van der Waals surface area contributed by atoms with E-state index in [-0.39, 0.29) is 16.6 Å². The zero-order chi connectivity index (χ0) is 19.6. The van der Waals surface area contributed by atoms with Gasteiger partial charge in [-0.25, -0.2) is 8.42 Å².